The molecule has 0 spiro atoms. The van der Waals surface area contributed by atoms with E-state index in [1.807, 2.05) is 0 Å². The minimum atomic E-state index is -0.250. The zero-order chi connectivity index (χ0) is 19.2. The summed E-state index contributed by atoms with van der Waals surface area (Å²) in [5, 5.41) is 6.23. The topological polar surface area (TPSA) is 70.7 Å². The van der Waals surface area contributed by atoms with Crippen LogP contribution >= 0.6 is 11.6 Å². The zero-order valence-corrected chi connectivity index (χ0v) is 15.8. The van der Waals surface area contributed by atoms with Crippen LogP contribution in [-0.2, 0) is 4.74 Å². The van der Waals surface area contributed by atoms with E-state index in [1.54, 1.807) is 60.5 Å². The fraction of sp³-hybridized carbons (Fsp3) is 0.300. The second-order valence-corrected chi connectivity index (χ2v) is 6.92. The van der Waals surface area contributed by atoms with Gasteiger partial charge in [-0.15, -0.1) is 0 Å². The van der Waals surface area contributed by atoms with Crippen LogP contribution in [0.15, 0.2) is 48.5 Å². The van der Waals surface area contributed by atoms with E-state index in [4.69, 9.17) is 16.3 Å². The molecule has 1 heterocycles. The standard InChI is InChI=1S/C20H22ClN3O3/c1-24(19(25)15-2-4-16(21)5-3-15)18-8-6-17(7-9-18)23-20(26)22-12-14-10-11-27-13-14/h2-9,14H,10-13H2,1H3,(H2,22,23,26)/t14-/m0/s1. The Morgan fingerprint density at radius 2 is 1.85 bits per heavy atom. The zero-order valence-electron chi connectivity index (χ0n) is 15.1. The van der Waals surface area contributed by atoms with Gasteiger partial charge in [-0.3, -0.25) is 4.79 Å². The molecule has 2 aromatic rings. The van der Waals surface area contributed by atoms with Crippen LogP contribution < -0.4 is 15.5 Å². The van der Waals surface area contributed by atoms with Crippen molar-refractivity contribution in [2.45, 2.75) is 6.42 Å². The lowest BCUT2D eigenvalue weighted by atomic mass is 10.1. The molecule has 2 N–H and O–H groups in total. The molecule has 0 unspecified atom stereocenters. The van der Waals surface area contributed by atoms with Crippen molar-refractivity contribution in [3.05, 3.63) is 59.1 Å². The number of rotatable bonds is 5. The van der Waals surface area contributed by atoms with E-state index < -0.39 is 0 Å². The van der Waals surface area contributed by atoms with Gasteiger partial charge < -0.3 is 20.3 Å². The van der Waals surface area contributed by atoms with E-state index in [0.717, 1.165) is 18.7 Å². The number of carbonyl (C=O) groups excluding carboxylic acids is 2. The largest absolute Gasteiger partial charge is 0.381 e. The third kappa shape index (κ3) is 5.21. The quantitative estimate of drug-likeness (QED) is 0.820. The highest BCUT2D eigenvalue weighted by molar-refractivity contribution is 6.30. The average molecular weight is 388 g/mol. The van der Waals surface area contributed by atoms with Crippen molar-refractivity contribution in [3.8, 4) is 0 Å². The fourth-order valence-electron chi connectivity index (χ4n) is 2.83. The summed E-state index contributed by atoms with van der Waals surface area (Å²) in [5.41, 5.74) is 1.94. The van der Waals surface area contributed by atoms with Gasteiger partial charge in [0, 0.05) is 48.1 Å². The number of ether oxygens (including phenoxy) is 1. The molecule has 2 aromatic carbocycles. The van der Waals surface area contributed by atoms with E-state index in [2.05, 4.69) is 10.6 Å². The smallest absolute Gasteiger partial charge is 0.319 e. The highest BCUT2D eigenvalue weighted by atomic mass is 35.5. The number of hydrogen-bond acceptors (Lipinski definition) is 3. The Bertz CT molecular complexity index is 787. The van der Waals surface area contributed by atoms with Crippen LogP contribution in [0.25, 0.3) is 0 Å². The van der Waals surface area contributed by atoms with E-state index in [-0.39, 0.29) is 11.9 Å². The molecule has 0 aliphatic carbocycles. The minimum Gasteiger partial charge on any atom is -0.381 e. The van der Waals surface area contributed by atoms with Crippen LogP contribution in [0.1, 0.15) is 16.8 Å². The maximum absolute atomic E-state index is 12.5. The molecule has 1 saturated heterocycles. The average Bonchev–Trinajstić information content (AvgIpc) is 3.20. The lowest BCUT2D eigenvalue weighted by Gasteiger charge is -2.18. The monoisotopic (exact) mass is 387 g/mol. The summed E-state index contributed by atoms with van der Waals surface area (Å²) in [4.78, 5) is 26.0. The SMILES string of the molecule is CN(C(=O)c1ccc(Cl)cc1)c1ccc(NC(=O)NC[C@@H]2CCOC2)cc1. The van der Waals surface area contributed by atoms with Crippen LogP contribution in [0, 0.1) is 5.92 Å². The Balaban J connectivity index is 1.54. The number of carbonyl (C=O) groups is 2. The summed E-state index contributed by atoms with van der Waals surface area (Å²) < 4.78 is 5.29. The second-order valence-electron chi connectivity index (χ2n) is 6.48. The Labute approximate surface area is 163 Å². The van der Waals surface area contributed by atoms with Crippen LogP contribution in [-0.4, -0.2) is 38.7 Å². The third-order valence-electron chi connectivity index (χ3n) is 4.48. The summed E-state index contributed by atoms with van der Waals surface area (Å²) in [6.45, 7) is 2.06. The van der Waals surface area contributed by atoms with E-state index >= 15 is 0 Å². The molecule has 3 rings (SSSR count). The number of benzene rings is 2. The summed E-state index contributed by atoms with van der Waals surface area (Å²) in [6.07, 6.45) is 0.975. The lowest BCUT2D eigenvalue weighted by Crippen LogP contribution is -2.33. The number of amides is 3. The van der Waals surface area contributed by atoms with Crippen molar-refractivity contribution in [2.24, 2.45) is 5.92 Å². The molecule has 1 aliphatic heterocycles. The molecular weight excluding hydrogens is 366 g/mol. The maximum atomic E-state index is 12.5. The van der Waals surface area contributed by atoms with Gasteiger partial charge in [0.15, 0.2) is 0 Å². The van der Waals surface area contributed by atoms with Crippen molar-refractivity contribution < 1.29 is 14.3 Å². The minimum absolute atomic E-state index is 0.135. The lowest BCUT2D eigenvalue weighted by molar-refractivity contribution is 0.0993. The van der Waals surface area contributed by atoms with Gasteiger partial charge in [-0.2, -0.15) is 0 Å². The van der Waals surface area contributed by atoms with Gasteiger partial charge in [0.1, 0.15) is 0 Å². The summed E-state index contributed by atoms with van der Waals surface area (Å²) in [6, 6.07) is 13.6. The van der Waals surface area contributed by atoms with Gasteiger partial charge in [0.25, 0.3) is 5.91 Å². The van der Waals surface area contributed by atoms with Crippen molar-refractivity contribution in [1.82, 2.24) is 5.32 Å². The van der Waals surface area contributed by atoms with Gasteiger partial charge >= 0.3 is 6.03 Å². The molecule has 7 heteroatoms. The molecule has 0 aromatic heterocycles. The Kier molecular flexibility index (Phi) is 6.32. The first-order chi connectivity index (χ1) is 13.0. The van der Waals surface area contributed by atoms with Crippen molar-refractivity contribution in [2.75, 3.05) is 37.0 Å². The number of anilines is 2. The number of halogens is 1. The Morgan fingerprint density at radius 3 is 2.48 bits per heavy atom. The molecule has 1 aliphatic rings. The third-order valence-corrected chi connectivity index (χ3v) is 4.74. The molecule has 27 heavy (non-hydrogen) atoms. The van der Waals surface area contributed by atoms with Gasteiger partial charge in [0.05, 0.1) is 6.61 Å². The number of nitrogens with zero attached hydrogens (tertiary/aromatic N) is 1. The molecular formula is C20H22ClN3O3. The Morgan fingerprint density at radius 1 is 1.15 bits per heavy atom. The van der Waals surface area contributed by atoms with Gasteiger partial charge in [-0.25, -0.2) is 4.79 Å². The number of urea groups is 1. The van der Waals surface area contributed by atoms with Crippen molar-refractivity contribution in [1.29, 1.82) is 0 Å². The van der Waals surface area contributed by atoms with E-state index in [0.29, 0.717) is 35.3 Å². The predicted molar refractivity (Wildman–Crippen MR) is 107 cm³/mol. The van der Waals surface area contributed by atoms with Gasteiger partial charge in [0.2, 0.25) is 0 Å². The predicted octanol–water partition coefficient (Wildman–Crippen LogP) is 3.77. The highest BCUT2D eigenvalue weighted by Gasteiger charge is 2.16. The van der Waals surface area contributed by atoms with Gasteiger partial charge in [-0.1, -0.05) is 11.6 Å². The Hall–Kier alpha value is -2.57. The van der Waals surface area contributed by atoms with Crippen molar-refractivity contribution in [3.63, 3.8) is 0 Å². The van der Waals surface area contributed by atoms with Crippen LogP contribution in [0.3, 0.4) is 0 Å². The molecule has 1 atom stereocenters. The number of hydrogen-bond donors (Lipinski definition) is 2. The number of nitrogens with one attached hydrogen (secondary N) is 2. The van der Waals surface area contributed by atoms with E-state index in [9.17, 15) is 9.59 Å². The summed E-state index contributed by atoms with van der Waals surface area (Å²) in [5.74, 6) is 0.245. The summed E-state index contributed by atoms with van der Waals surface area (Å²) >= 11 is 5.86. The first-order valence-electron chi connectivity index (χ1n) is 8.79. The molecule has 6 nitrogen and oxygen atoms in total. The van der Waals surface area contributed by atoms with Crippen LogP contribution in [0.4, 0.5) is 16.2 Å². The molecule has 3 amide bonds. The second kappa shape index (κ2) is 8.88. The van der Waals surface area contributed by atoms with Crippen LogP contribution in [0.5, 0.6) is 0 Å². The van der Waals surface area contributed by atoms with Crippen LogP contribution in [0.2, 0.25) is 5.02 Å². The van der Waals surface area contributed by atoms with E-state index in [1.165, 1.54) is 0 Å². The van der Waals surface area contributed by atoms with Crippen molar-refractivity contribution >= 4 is 34.9 Å². The summed E-state index contributed by atoms with van der Waals surface area (Å²) in [7, 11) is 1.70. The highest BCUT2D eigenvalue weighted by Crippen LogP contribution is 2.20. The molecule has 0 saturated carbocycles. The molecule has 0 radical (unpaired) electrons. The molecule has 0 bridgehead atoms. The first-order valence-corrected chi connectivity index (χ1v) is 9.17. The van der Waals surface area contributed by atoms with Gasteiger partial charge in [-0.05, 0) is 55.0 Å². The normalized spacial score (nSPS) is 16.0. The first kappa shape index (κ1) is 19.2. The fourth-order valence-corrected chi connectivity index (χ4v) is 2.95. The molecule has 1 fully saturated rings. The molecule has 142 valence electrons. The maximum Gasteiger partial charge on any atom is 0.319 e.